The molecule has 2 aromatic rings. The molecule has 3 N–H and O–H groups in total. The number of benzene rings is 1. The Bertz CT molecular complexity index is 589. The molecule has 2 rings (SSSR count). The molecule has 1 heterocycles. The number of pyridine rings is 1. The maximum Gasteiger partial charge on any atom is 0.0992 e. The van der Waals surface area contributed by atoms with E-state index in [1.54, 1.807) is 30.6 Å². The molecule has 1 aromatic heterocycles. The van der Waals surface area contributed by atoms with Crippen LogP contribution in [-0.4, -0.2) is 4.98 Å². The van der Waals surface area contributed by atoms with Gasteiger partial charge in [-0.05, 0) is 40.2 Å². The number of nitrogens with one attached hydrogen (secondary N) is 1. The van der Waals surface area contributed by atoms with E-state index in [1.807, 2.05) is 12.1 Å². The van der Waals surface area contributed by atoms with Crippen LogP contribution in [0.5, 0.6) is 0 Å². The molecule has 0 saturated heterocycles. The van der Waals surface area contributed by atoms with Crippen molar-refractivity contribution in [2.75, 3.05) is 11.1 Å². The molecule has 0 spiro atoms. The molecule has 0 aliphatic rings. The highest BCUT2D eigenvalue weighted by Crippen LogP contribution is 2.24. The van der Waals surface area contributed by atoms with Crippen LogP contribution < -0.4 is 11.1 Å². The van der Waals surface area contributed by atoms with E-state index in [9.17, 15) is 0 Å². The van der Waals surface area contributed by atoms with Crippen LogP contribution in [0, 0.1) is 11.3 Å². The second-order valence-electron chi connectivity index (χ2n) is 3.43. The van der Waals surface area contributed by atoms with Gasteiger partial charge in [0.05, 0.1) is 34.9 Å². The van der Waals surface area contributed by atoms with Crippen molar-refractivity contribution in [3.05, 3.63) is 46.7 Å². The third kappa shape index (κ3) is 2.74. The average Bonchev–Trinajstić information content (AvgIpc) is 2.32. The van der Waals surface area contributed by atoms with E-state index in [2.05, 4.69) is 26.2 Å². The molecule has 0 bridgehead atoms. The number of nitrogens with two attached hydrogens (primary N) is 1. The lowest BCUT2D eigenvalue weighted by molar-refractivity contribution is 1.30. The van der Waals surface area contributed by atoms with Crippen molar-refractivity contribution in [3.8, 4) is 6.07 Å². The molecule has 0 atom stereocenters. The smallest absolute Gasteiger partial charge is 0.0992 e. The van der Waals surface area contributed by atoms with Gasteiger partial charge in [-0.2, -0.15) is 5.26 Å². The summed E-state index contributed by atoms with van der Waals surface area (Å²) in [6.07, 6.45) is 3.40. The number of nitrogen functional groups attached to an aromatic ring is 1. The zero-order valence-corrected chi connectivity index (χ0v) is 10.4. The maximum absolute atomic E-state index is 8.74. The number of anilines is 3. The fourth-order valence-corrected chi connectivity index (χ4v) is 1.75. The predicted molar refractivity (Wildman–Crippen MR) is 70.8 cm³/mol. The summed E-state index contributed by atoms with van der Waals surface area (Å²) in [5.41, 5.74) is 8.49. The Kier molecular flexibility index (Phi) is 3.26. The molecule has 0 unspecified atom stereocenters. The highest BCUT2D eigenvalue weighted by molar-refractivity contribution is 9.10. The Labute approximate surface area is 107 Å². The zero-order valence-electron chi connectivity index (χ0n) is 8.81. The second kappa shape index (κ2) is 4.85. The fraction of sp³-hybridized carbons (Fsp3) is 0. The molecular weight excluding hydrogens is 280 g/mol. The molecule has 0 saturated carbocycles. The minimum Gasteiger partial charge on any atom is -0.397 e. The van der Waals surface area contributed by atoms with E-state index in [0.29, 0.717) is 11.3 Å². The molecule has 1 aromatic carbocycles. The fourth-order valence-electron chi connectivity index (χ4n) is 1.38. The van der Waals surface area contributed by atoms with Gasteiger partial charge in [-0.3, -0.25) is 4.98 Å². The predicted octanol–water partition coefficient (Wildman–Crippen LogP) is 3.04. The lowest BCUT2D eigenvalue weighted by Gasteiger charge is -2.09. The van der Waals surface area contributed by atoms with Crippen LogP contribution in [0.3, 0.4) is 0 Å². The van der Waals surface area contributed by atoms with Crippen LogP contribution >= 0.6 is 15.9 Å². The van der Waals surface area contributed by atoms with Crippen molar-refractivity contribution in [2.45, 2.75) is 0 Å². The first-order valence-corrected chi connectivity index (χ1v) is 5.65. The molecule has 0 aliphatic heterocycles. The molecular formula is C12H9BrN4. The summed E-state index contributed by atoms with van der Waals surface area (Å²) in [7, 11) is 0. The quantitative estimate of drug-likeness (QED) is 0.833. The Morgan fingerprint density at radius 1 is 1.29 bits per heavy atom. The third-order valence-corrected chi connectivity index (χ3v) is 2.60. The summed E-state index contributed by atoms with van der Waals surface area (Å²) in [6, 6.07) is 9.05. The van der Waals surface area contributed by atoms with E-state index in [0.717, 1.165) is 15.8 Å². The zero-order chi connectivity index (χ0) is 12.3. The number of hydrogen-bond donors (Lipinski definition) is 2. The highest BCUT2D eigenvalue weighted by atomic mass is 79.9. The Morgan fingerprint density at radius 3 is 2.76 bits per heavy atom. The summed E-state index contributed by atoms with van der Waals surface area (Å²) >= 11 is 3.34. The molecule has 0 aliphatic carbocycles. The van der Waals surface area contributed by atoms with Gasteiger partial charge in [0.15, 0.2) is 0 Å². The highest BCUT2D eigenvalue weighted by Gasteiger charge is 2.01. The van der Waals surface area contributed by atoms with Gasteiger partial charge in [0, 0.05) is 10.7 Å². The summed E-state index contributed by atoms with van der Waals surface area (Å²) < 4.78 is 0.884. The van der Waals surface area contributed by atoms with Gasteiger partial charge in [-0.25, -0.2) is 0 Å². The van der Waals surface area contributed by atoms with Gasteiger partial charge in [-0.1, -0.05) is 0 Å². The van der Waals surface area contributed by atoms with Gasteiger partial charge in [-0.15, -0.1) is 0 Å². The first kappa shape index (κ1) is 11.4. The molecule has 0 fully saturated rings. The standard InChI is InChI=1S/C12H9BrN4/c13-9-4-10(7-16-6-9)17-12-2-1-8(5-14)3-11(12)15/h1-4,6-7,17H,15H2. The Morgan fingerprint density at radius 2 is 2.12 bits per heavy atom. The minimum absolute atomic E-state index is 0.532. The summed E-state index contributed by atoms with van der Waals surface area (Å²) in [4.78, 5) is 4.04. The Hall–Kier alpha value is -2.06. The Balaban J connectivity index is 2.28. The third-order valence-electron chi connectivity index (χ3n) is 2.16. The summed E-state index contributed by atoms with van der Waals surface area (Å²) in [6.45, 7) is 0. The van der Waals surface area contributed by atoms with Crippen molar-refractivity contribution >= 4 is 33.0 Å². The largest absolute Gasteiger partial charge is 0.397 e. The first-order chi connectivity index (χ1) is 8.19. The van der Waals surface area contributed by atoms with Gasteiger partial charge < -0.3 is 11.1 Å². The van der Waals surface area contributed by atoms with Crippen LogP contribution in [0.25, 0.3) is 0 Å². The van der Waals surface area contributed by atoms with Crippen molar-refractivity contribution in [1.82, 2.24) is 4.98 Å². The SMILES string of the molecule is N#Cc1ccc(Nc2cncc(Br)c2)c(N)c1. The van der Waals surface area contributed by atoms with E-state index < -0.39 is 0 Å². The van der Waals surface area contributed by atoms with Crippen LogP contribution in [-0.2, 0) is 0 Å². The second-order valence-corrected chi connectivity index (χ2v) is 4.35. The van der Waals surface area contributed by atoms with E-state index in [-0.39, 0.29) is 0 Å². The number of halogens is 1. The van der Waals surface area contributed by atoms with Crippen LogP contribution in [0.2, 0.25) is 0 Å². The van der Waals surface area contributed by atoms with Crippen molar-refractivity contribution < 1.29 is 0 Å². The number of aromatic nitrogens is 1. The van der Waals surface area contributed by atoms with Crippen molar-refractivity contribution in [3.63, 3.8) is 0 Å². The topological polar surface area (TPSA) is 74.7 Å². The van der Waals surface area contributed by atoms with Crippen LogP contribution in [0.4, 0.5) is 17.1 Å². The van der Waals surface area contributed by atoms with Gasteiger partial charge in [0.2, 0.25) is 0 Å². The molecule has 17 heavy (non-hydrogen) atoms. The molecule has 0 radical (unpaired) electrons. The van der Waals surface area contributed by atoms with E-state index in [1.165, 1.54) is 0 Å². The molecule has 0 amide bonds. The summed E-state index contributed by atoms with van der Waals surface area (Å²) in [5, 5.41) is 11.9. The molecule has 5 heteroatoms. The van der Waals surface area contributed by atoms with E-state index >= 15 is 0 Å². The van der Waals surface area contributed by atoms with Crippen LogP contribution in [0.15, 0.2) is 41.1 Å². The van der Waals surface area contributed by atoms with Crippen molar-refractivity contribution in [2.24, 2.45) is 0 Å². The number of rotatable bonds is 2. The lowest BCUT2D eigenvalue weighted by atomic mass is 10.2. The average molecular weight is 289 g/mol. The van der Waals surface area contributed by atoms with Gasteiger partial charge in [0.1, 0.15) is 0 Å². The summed E-state index contributed by atoms with van der Waals surface area (Å²) in [5.74, 6) is 0. The first-order valence-electron chi connectivity index (χ1n) is 4.86. The molecule has 4 nitrogen and oxygen atoms in total. The molecule has 84 valence electrons. The monoisotopic (exact) mass is 288 g/mol. The number of nitrogens with zero attached hydrogens (tertiary/aromatic N) is 2. The normalized spacial score (nSPS) is 9.65. The van der Waals surface area contributed by atoms with Gasteiger partial charge in [0.25, 0.3) is 0 Å². The van der Waals surface area contributed by atoms with Crippen LogP contribution in [0.1, 0.15) is 5.56 Å². The lowest BCUT2D eigenvalue weighted by Crippen LogP contribution is -1.97. The van der Waals surface area contributed by atoms with E-state index in [4.69, 9.17) is 11.0 Å². The van der Waals surface area contributed by atoms with Gasteiger partial charge >= 0.3 is 0 Å². The minimum atomic E-state index is 0.532. The number of hydrogen-bond acceptors (Lipinski definition) is 4. The number of nitriles is 1. The van der Waals surface area contributed by atoms with Crippen molar-refractivity contribution in [1.29, 1.82) is 5.26 Å². The maximum atomic E-state index is 8.74.